The molecule has 0 atom stereocenters. The van der Waals surface area contributed by atoms with Crippen LogP contribution >= 0.6 is 0 Å². The summed E-state index contributed by atoms with van der Waals surface area (Å²) in [5.74, 6) is 0.268. The van der Waals surface area contributed by atoms with E-state index in [1.165, 1.54) is 31.2 Å². The SMILES string of the molecule is CCn1ccc(C2CCCC2)c1C(N)=O. The van der Waals surface area contributed by atoms with Crippen molar-refractivity contribution in [2.45, 2.75) is 45.1 Å². The van der Waals surface area contributed by atoms with Crippen molar-refractivity contribution in [1.82, 2.24) is 4.57 Å². The topological polar surface area (TPSA) is 48.0 Å². The van der Waals surface area contributed by atoms with Crippen molar-refractivity contribution in [3.05, 3.63) is 23.5 Å². The number of nitrogens with two attached hydrogens (primary N) is 1. The summed E-state index contributed by atoms with van der Waals surface area (Å²) in [6, 6.07) is 2.07. The Morgan fingerprint density at radius 2 is 2.20 bits per heavy atom. The van der Waals surface area contributed by atoms with Crippen LogP contribution in [0.25, 0.3) is 0 Å². The van der Waals surface area contributed by atoms with Crippen molar-refractivity contribution >= 4 is 5.91 Å². The molecule has 0 unspecified atom stereocenters. The van der Waals surface area contributed by atoms with Gasteiger partial charge >= 0.3 is 0 Å². The first kappa shape index (κ1) is 10.3. The highest BCUT2D eigenvalue weighted by molar-refractivity contribution is 5.93. The summed E-state index contributed by atoms with van der Waals surface area (Å²) < 4.78 is 1.95. The van der Waals surface area contributed by atoms with Crippen LogP contribution in [0.4, 0.5) is 0 Å². The second-order valence-electron chi connectivity index (χ2n) is 4.25. The van der Waals surface area contributed by atoms with Crippen molar-refractivity contribution < 1.29 is 4.79 Å². The number of rotatable bonds is 3. The molecule has 1 amide bonds. The monoisotopic (exact) mass is 206 g/mol. The number of carbonyl (C=O) groups excluding carboxylic acids is 1. The maximum Gasteiger partial charge on any atom is 0.265 e. The number of primary amides is 1. The van der Waals surface area contributed by atoms with Crippen molar-refractivity contribution in [3.8, 4) is 0 Å². The van der Waals surface area contributed by atoms with Gasteiger partial charge in [-0.25, -0.2) is 0 Å². The average molecular weight is 206 g/mol. The highest BCUT2D eigenvalue weighted by atomic mass is 16.1. The average Bonchev–Trinajstić information content (AvgIpc) is 2.85. The molecule has 2 rings (SSSR count). The first-order valence-corrected chi connectivity index (χ1v) is 5.73. The molecule has 0 bridgehead atoms. The van der Waals surface area contributed by atoms with Gasteiger partial charge in [-0.1, -0.05) is 12.8 Å². The number of aryl methyl sites for hydroxylation is 1. The molecule has 1 saturated carbocycles. The van der Waals surface area contributed by atoms with E-state index in [2.05, 4.69) is 6.07 Å². The lowest BCUT2D eigenvalue weighted by molar-refractivity contribution is 0.0990. The molecule has 1 aromatic heterocycles. The van der Waals surface area contributed by atoms with Crippen LogP contribution in [-0.2, 0) is 6.54 Å². The Bertz CT molecular complexity index is 362. The van der Waals surface area contributed by atoms with E-state index in [4.69, 9.17) is 5.73 Å². The van der Waals surface area contributed by atoms with Gasteiger partial charge in [-0.2, -0.15) is 0 Å². The number of hydrogen-bond acceptors (Lipinski definition) is 1. The fourth-order valence-corrected chi connectivity index (χ4v) is 2.60. The molecule has 0 spiro atoms. The molecule has 1 aliphatic carbocycles. The first-order valence-electron chi connectivity index (χ1n) is 5.73. The first-order chi connectivity index (χ1) is 7.24. The second kappa shape index (κ2) is 4.09. The van der Waals surface area contributed by atoms with E-state index in [0.29, 0.717) is 5.92 Å². The molecule has 0 aliphatic heterocycles. The van der Waals surface area contributed by atoms with E-state index in [1.54, 1.807) is 0 Å². The van der Waals surface area contributed by atoms with Gasteiger partial charge in [0.15, 0.2) is 0 Å². The zero-order valence-electron chi connectivity index (χ0n) is 9.20. The summed E-state index contributed by atoms with van der Waals surface area (Å²) in [4.78, 5) is 11.4. The molecule has 1 fully saturated rings. The van der Waals surface area contributed by atoms with Crippen LogP contribution in [0.5, 0.6) is 0 Å². The van der Waals surface area contributed by atoms with Crippen LogP contribution in [-0.4, -0.2) is 10.5 Å². The van der Waals surface area contributed by atoms with E-state index in [0.717, 1.165) is 12.2 Å². The Balaban J connectivity index is 2.37. The van der Waals surface area contributed by atoms with Gasteiger partial charge in [0.2, 0.25) is 0 Å². The Morgan fingerprint density at radius 3 is 2.73 bits per heavy atom. The fraction of sp³-hybridized carbons (Fsp3) is 0.583. The Hall–Kier alpha value is -1.25. The van der Waals surface area contributed by atoms with Gasteiger partial charge in [0, 0.05) is 12.7 Å². The van der Waals surface area contributed by atoms with Crippen molar-refractivity contribution in [2.24, 2.45) is 5.73 Å². The van der Waals surface area contributed by atoms with Crippen LogP contribution < -0.4 is 5.73 Å². The van der Waals surface area contributed by atoms with Gasteiger partial charge in [-0.15, -0.1) is 0 Å². The molecule has 0 saturated heterocycles. The van der Waals surface area contributed by atoms with Gasteiger partial charge in [0.1, 0.15) is 5.69 Å². The molecule has 2 N–H and O–H groups in total. The molecule has 82 valence electrons. The minimum atomic E-state index is -0.288. The Kier molecular flexibility index (Phi) is 2.80. The lowest BCUT2D eigenvalue weighted by atomic mass is 9.97. The number of amides is 1. The largest absolute Gasteiger partial charge is 0.364 e. The second-order valence-corrected chi connectivity index (χ2v) is 4.25. The maximum atomic E-state index is 11.4. The van der Waals surface area contributed by atoms with E-state index in [-0.39, 0.29) is 5.91 Å². The molecule has 0 aromatic carbocycles. The molecule has 0 radical (unpaired) electrons. The lowest BCUT2D eigenvalue weighted by Gasteiger charge is -2.11. The van der Waals surface area contributed by atoms with Gasteiger partial charge in [0.05, 0.1) is 0 Å². The van der Waals surface area contributed by atoms with Gasteiger partial charge in [-0.05, 0) is 37.3 Å². The number of hydrogen-bond donors (Lipinski definition) is 1. The molecule has 1 aromatic rings. The summed E-state index contributed by atoms with van der Waals surface area (Å²) in [7, 11) is 0. The smallest absolute Gasteiger partial charge is 0.265 e. The number of carbonyl (C=O) groups is 1. The van der Waals surface area contributed by atoms with E-state index >= 15 is 0 Å². The maximum absolute atomic E-state index is 11.4. The molecule has 1 aliphatic rings. The van der Waals surface area contributed by atoms with E-state index in [1.807, 2.05) is 17.7 Å². The predicted octanol–water partition coefficient (Wildman–Crippen LogP) is 2.26. The molecule has 3 nitrogen and oxygen atoms in total. The molecular formula is C12H18N2O. The van der Waals surface area contributed by atoms with Crippen LogP contribution in [0.2, 0.25) is 0 Å². The van der Waals surface area contributed by atoms with E-state index < -0.39 is 0 Å². The fourth-order valence-electron chi connectivity index (χ4n) is 2.60. The van der Waals surface area contributed by atoms with Crippen molar-refractivity contribution in [3.63, 3.8) is 0 Å². The summed E-state index contributed by atoms with van der Waals surface area (Å²) >= 11 is 0. The summed E-state index contributed by atoms with van der Waals surface area (Å²) in [6.07, 6.45) is 6.94. The molecule has 3 heteroatoms. The quantitative estimate of drug-likeness (QED) is 0.810. The zero-order valence-corrected chi connectivity index (χ0v) is 9.20. The van der Waals surface area contributed by atoms with E-state index in [9.17, 15) is 4.79 Å². The lowest BCUT2D eigenvalue weighted by Crippen LogP contribution is -2.18. The van der Waals surface area contributed by atoms with Gasteiger partial charge < -0.3 is 10.3 Å². The summed E-state index contributed by atoms with van der Waals surface area (Å²) in [5.41, 5.74) is 7.34. The minimum absolute atomic E-state index is 0.288. The Morgan fingerprint density at radius 1 is 1.53 bits per heavy atom. The summed E-state index contributed by atoms with van der Waals surface area (Å²) in [6.45, 7) is 2.84. The van der Waals surface area contributed by atoms with Crippen LogP contribution in [0.15, 0.2) is 12.3 Å². The highest BCUT2D eigenvalue weighted by Crippen LogP contribution is 2.36. The number of aromatic nitrogens is 1. The van der Waals surface area contributed by atoms with Gasteiger partial charge in [-0.3, -0.25) is 4.79 Å². The summed E-state index contributed by atoms with van der Waals surface area (Å²) in [5, 5.41) is 0. The van der Waals surface area contributed by atoms with Crippen LogP contribution in [0, 0.1) is 0 Å². The third-order valence-electron chi connectivity index (χ3n) is 3.36. The Labute approximate surface area is 90.3 Å². The van der Waals surface area contributed by atoms with Crippen molar-refractivity contribution in [1.29, 1.82) is 0 Å². The number of nitrogens with zero attached hydrogens (tertiary/aromatic N) is 1. The standard InChI is InChI=1S/C12H18N2O/c1-2-14-8-7-10(11(14)12(13)15)9-5-3-4-6-9/h7-9H,2-6H2,1H3,(H2,13,15). The van der Waals surface area contributed by atoms with Crippen LogP contribution in [0.1, 0.15) is 54.6 Å². The third kappa shape index (κ3) is 1.78. The van der Waals surface area contributed by atoms with Gasteiger partial charge in [0.25, 0.3) is 5.91 Å². The molecule has 1 heterocycles. The molecular weight excluding hydrogens is 188 g/mol. The highest BCUT2D eigenvalue weighted by Gasteiger charge is 2.24. The zero-order chi connectivity index (χ0) is 10.8. The predicted molar refractivity (Wildman–Crippen MR) is 59.8 cm³/mol. The van der Waals surface area contributed by atoms with Crippen LogP contribution in [0.3, 0.4) is 0 Å². The third-order valence-corrected chi connectivity index (χ3v) is 3.36. The minimum Gasteiger partial charge on any atom is -0.364 e. The van der Waals surface area contributed by atoms with Crippen molar-refractivity contribution in [2.75, 3.05) is 0 Å². The molecule has 15 heavy (non-hydrogen) atoms. The normalized spacial score (nSPS) is 17.1.